The summed E-state index contributed by atoms with van der Waals surface area (Å²) in [6.45, 7) is 2.82. The van der Waals surface area contributed by atoms with Crippen molar-refractivity contribution in [3.8, 4) is 0 Å². The number of ether oxygens (including phenoxy) is 4. The number of rotatable bonds is 6. The first-order valence-corrected chi connectivity index (χ1v) is 10.7. The fraction of sp³-hybridized carbons (Fsp3) is 0.800. The van der Waals surface area contributed by atoms with Crippen molar-refractivity contribution in [2.24, 2.45) is 0 Å². The van der Waals surface area contributed by atoms with Crippen molar-refractivity contribution < 1.29 is 58.6 Å². The number of hydrogen-bond acceptors (Lipinski definition) is 10. The molecule has 34 heavy (non-hydrogen) atoms. The standard InChI is InChI=1S/C20H34N2O12/c1-19(15(23)24,16(25)26)21-3-7-31-11-13-33-9-5-22(20(2,17(27)28)18(29)30)6-10-34-14-12-32-8-4-21/h3-14H2,1-2H3,(H,23,24)(H,25,26)(H,27,28)(H,29,30). The van der Waals surface area contributed by atoms with Crippen LogP contribution in [0.25, 0.3) is 0 Å². The minimum Gasteiger partial charge on any atom is -0.479 e. The molecule has 0 amide bonds. The third-order valence-electron chi connectivity index (χ3n) is 5.70. The lowest BCUT2D eigenvalue weighted by atomic mass is 10.0. The Hall–Kier alpha value is -2.36. The molecule has 1 aliphatic rings. The summed E-state index contributed by atoms with van der Waals surface area (Å²) < 4.78 is 21.7. The maximum Gasteiger partial charge on any atom is 0.335 e. The molecule has 0 bridgehead atoms. The van der Waals surface area contributed by atoms with E-state index in [2.05, 4.69) is 0 Å². The van der Waals surface area contributed by atoms with E-state index in [0.29, 0.717) is 0 Å². The first-order chi connectivity index (χ1) is 16.0. The normalized spacial score (nSPS) is 20.1. The van der Waals surface area contributed by atoms with E-state index in [1.165, 1.54) is 9.80 Å². The predicted molar refractivity (Wildman–Crippen MR) is 114 cm³/mol. The molecule has 4 N–H and O–H groups in total. The van der Waals surface area contributed by atoms with Gasteiger partial charge in [0.15, 0.2) is 0 Å². The lowest BCUT2D eigenvalue weighted by molar-refractivity contribution is -0.170. The molecule has 1 heterocycles. The van der Waals surface area contributed by atoms with Crippen molar-refractivity contribution in [2.45, 2.75) is 24.9 Å². The summed E-state index contributed by atoms with van der Waals surface area (Å²) in [5, 5.41) is 37.9. The van der Waals surface area contributed by atoms with E-state index < -0.39 is 35.0 Å². The molecule has 1 saturated heterocycles. The number of hydrogen-bond donors (Lipinski definition) is 4. The fourth-order valence-electron chi connectivity index (χ4n) is 3.18. The first kappa shape index (κ1) is 29.7. The minimum absolute atomic E-state index is 0.0122. The maximum absolute atomic E-state index is 11.7. The number of aliphatic carboxylic acids is 4. The molecule has 0 unspecified atom stereocenters. The molecular weight excluding hydrogens is 460 g/mol. The van der Waals surface area contributed by atoms with Gasteiger partial charge in [0.1, 0.15) is 0 Å². The Morgan fingerprint density at radius 1 is 0.500 bits per heavy atom. The molecular formula is C20H34N2O12. The van der Waals surface area contributed by atoms with Crippen LogP contribution < -0.4 is 0 Å². The summed E-state index contributed by atoms with van der Waals surface area (Å²) in [6.07, 6.45) is 0. The van der Waals surface area contributed by atoms with E-state index in [1.54, 1.807) is 0 Å². The molecule has 0 aromatic heterocycles. The number of carbonyl (C=O) groups is 4. The third-order valence-corrected chi connectivity index (χ3v) is 5.70. The number of carboxylic acids is 4. The molecule has 1 aliphatic heterocycles. The Morgan fingerprint density at radius 3 is 0.882 bits per heavy atom. The van der Waals surface area contributed by atoms with Crippen LogP contribution in [0.4, 0.5) is 0 Å². The Kier molecular flexibility index (Phi) is 12.3. The highest BCUT2D eigenvalue weighted by atomic mass is 16.5. The second kappa shape index (κ2) is 14.1. The molecule has 1 fully saturated rings. The van der Waals surface area contributed by atoms with E-state index in [9.17, 15) is 39.6 Å². The monoisotopic (exact) mass is 494 g/mol. The summed E-state index contributed by atoms with van der Waals surface area (Å²) in [7, 11) is 0. The third kappa shape index (κ3) is 7.85. The van der Waals surface area contributed by atoms with Crippen LogP contribution in [-0.4, -0.2) is 144 Å². The van der Waals surface area contributed by atoms with Gasteiger partial charge in [-0.25, -0.2) is 19.2 Å². The zero-order valence-corrected chi connectivity index (χ0v) is 19.4. The van der Waals surface area contributed by atoms with Crippen LogP contribution in [0.15, 0.2) is 0 Å². The van der Waals surface area contributed by atoms with E-state index in [0.717, 1.165) is 13.8 Å². The molecule has 0 aromatic rings. The highest BCUT2D eigenvalue weighted by Crippen LogP contribution is 2.17. The lowest BCUT2D eigenvalue weighted by Crippen LogP contribution is -2.59. The summed E-state index contributed by atoms with van der Waals surface area (Å²) in [4.78, 5) is 49.1. The van der Waals surface area contributed by atoms with Crippen molar-refractivity contribution in [3.05, 3.63) is 0 Å². The van der Waals surface area contributed by atoms with Gasteiger partial charge in [-0.3, -0.25) is 9.80 Å². The molecule has 1 rings (SSSR count). The van der Waals surface area contributed by atoms with Crippen molar-refractivity contribution in [1.29, 1.82) is 0 Å². The highest BCUT2D eigenvalue weighted by molar-refractivity contribution is 6.03. The zero-order chi connectivity index (χ0) is 25.8. The second-order valence-electron chi connectivity index (χ2n) is 7.79. The highest BCUT2D eigenvalue weighted by Gasteiger charge is 2.48. The quantitative estimate of drug-likeness (QED) is 0.313. The van der Waals surface area contributed by atoms with Gasteiger partial charge in [0.2, 0.25) is 11.1 Å². The Labute approximate surface area is 196 Å². The topological polar surface area (TPSA) is 193 Å². The van der Waals surface area contributed by atoms with Gasteiger partial charge in [0, 0.05) is 26.2 Å². The van der Waals surface area contributed by atoms with Crippen LogP contribution in [0, 0.1) is 0 Å². The number of nitrogens with zero attached hydrogens (tertiary/aromatic N) is 2. The van der Waals surface area contributed by atoms with E-state index >= 15 is 0 Å². The largest absolute Gasteiger partial charge is 0.479 e. The van der Waals surface area contributed by atoms with E-state index in [4.69, 9.17) is 18.9 Å². The van der Waals surface area contributed by atoms with Gasteiger partial charge in [-0.15, -0.1) is 0 Å². The van der Waals surface area contributed by atoms with Crippen LogP contribution in [0.1, 0.15) is 13.8 Å². The van der Waals surface area contributed by atoms with Gasteiger partial charge in [-0.05, 0) is 13.8 Å². The Morgan fingerprint density at radius 2 is 0.706 bits per heavy atom. The predicted octanol–water partition coefficient (Wildman–Crippen LogP) is -1.47. The fourth-order valence-corrected chi connectivity index (χ4v) is 3.18. The van der Waals surface area contributed by atoms with Gasteiger partial charge in [0.25, 0.3) is 0 Å². The molecule has 0 atom stereocenters. The smallest absolute Gasteiger partial charge is 0.335 e. The molecule has 0 saturated carbocycles. The second-order valence-corrected chi connectivity index (χ2v) is 7.79. The average Bonchev–Trinajstić information content (AvgIpc) is 2.77. The first-order valence-electron chi connectivity index (χ1n) is 10.7. The Balaban J connectivity index is 2.80. The van der Waals surface area contributed by atoms with Gasteiger partial charge in [-0.2, -0.15) is 0 Å². The summed E-state index contributed by atoms with van der Waals surface area (Å²) >= 11 is 0. The van der Waals surface area contributed by atoms with Crippen molar-refractivity contribution in [1.82, 2.24) is 9.80 Å². The van der Waals surface area contributed by atoms with Crippen LogP contribution in [-0.2, 0) is 38.1 Å². The lowest BCUT2D eigenvalue weighted by Gasteiger charge is -2.34. The summed E-state index contributed by atoms with van der Waals surface area (Å²) in [5.74, 6) is -6.03. The Bertz CT molecular complexity index is 595. The van der Waals surface area contributed by atoms with Crippen LogP contribution in [0.2, 0.25) is 0 Å². The molecule has 14 nitrogen and oxygen atoms in total. The van der Waals surface area contributed by atoms with Crippen LogP contribution in [0.3, 0.4) is 0 Å². The van der Waals surface area contributed by atoms with Gasteiger partial charge >= 0.3 is 23.9 Å². The van der Waals surface area contributed by atoms with Gasteiger partial charge in [-0.1, -0.05) is 0 Å². The number of carboxylic acid groups (broad SMARTS) is 4. The molecule has 0 aromatic carbocycles. The molecule has 0 spiro atoms. The van der Waals surface area contributed by atoms with Crippen LogP contribution in [0.5, 0.6) is 0 Å². The average molecular weight is 494 g/mol. The van der Waals surface area contributed by atoms with Crippen molar-refractivity contribution >= 4 is 23.9 Å². The van der Waals surface area contributed by atoms with E-state index in [-0.39, 0.29) is 79.0 Å². The summed E-state index contributed by atoms with van der Waals surface area (Å²) in [5.41, 5.74) is -4.32. The van der Waals surface area contributed by atoms with E-state index in [1.807, 2.05) is 0 Å². The molecule has 0 radical (unpaired) electrons. The van der Waals surface area contributed by atoms with Crippen LogP contribution >= 0.6 is 0 Å². The van der Waals surface area contributed by atoms with Crippen molar-refractivity contribution in [2.75, 3.05) is 79.0 Å². The maximum atomic E-state index is 11.7. The molecule has 0 aliphatic carbocycles. The zero-order valence-electron chi connectivity index (χ0n) is 19.4. The minimum atomic E-state index is -2.16. The molecule has 196 valence electrons. The van der Waals surface area contributed by atoms with Gasteiger partial charge < -0.3 is 39.4 Å². The van der Waals surface area contributed by atoms with Gasteiger partial charge in [0.05, 0.1) is 52.9 Å². The van der Waals surface area contributed by atoms with Crippen molar-refractivity contribution in [3.63, 3.8) is 0 Å². The SMILES string of the molecule is CC(C(=O)O)(C(=O)O)N1CCOCCOCCN(C(C)(C(=O)O)C(=O)O)CCOCCOCC1. The summed E-state index contributed by atoms with van der Waals surface area (Å²) in [6, 6.07) is 0. The molecule has 14 heteroatoms.